The average molecular weight is 369 g/mol. The lowest BCUT2D eigenvalue weighted by molar-refractivity contribution is -0.159. The van der Waals surface area contributed by atoms with Crippen LogP contribution in [0.5, 0.6) is 0 Å². The van der Waals surface area contributed by atoms with Crippen molar-refractivity contribution in [1.29, 1.82) is 0 Å². The van der Waals surface area contributed by atoms with E-state index >= 15 is 0 Å². The molecule has 3 heterocycles. The van der Waals surface area contributed by atoms with Gasteiger partial charge in [-0.05, 0) is 36.0 Å². The van der Waals surface area contributed by atoms with Gasteiger partial charge in [0.1, 0.15) is 5.41 Å². The maximum absolute atomic E-state index is 11.9. The molecule has 1 aromatic heterocycles. The van der Waals surface area contributed by atoms with Crippen LogP contribution in [0.25, 0.3) is 5.69 Å². The third-order valence-electron chi connectivity index (χ3n) is 6.03. The van der Waals surface area contributed by atoms with E-state index in [0.29, 0.717) is 25.7 Å². The number of carbonyl (C=O) groups is 1. The van der Waals surface area contributed by atoms with Gasteiger partial charge in [0.2, 0.25) is 0 Å². The van der Waals surface area contributed by atoms with Crippen LogP contribution >= 0.6 is 0 Å². The number of hydrogen-bond acceptors (Lipinski definition) is 4. The predicted molar refractivity (Wildman–Crippen MR) is 102 cm³/mol. The van der Waals surface area contributed by atoms with E-state index in [0.717, 1.165) is 30.8 Å². The minimum Gasteiger partial charge on any atom is -0.481 e. The van der Waals surface area contributed by atoms with Crippen molar-refractivity contribution in [2.45, 2.75) is 32.7 Å². The smallest absolute Gasteiger partial charge is 0.313 e. The first kappa shape index (κ1) is 18.2. The van der Waals surface area contributed by atoms with E-state index in [1.165, 1.54) is 5.56 Å². The molecule has 1 aromatic carbocycles. The molecule has 2 aliphatic heterocycles. The Balaban J connectivity index is 1.46. The second kappa shape index (κ2) is 7.09. The molecular weight excluding hydrogens is 342 g/mol. The third-order valence-corrected chi connectivity index (χ3v) is 6.03. The van der Waals surface area contributed by atoms with Crippen LogP contribution in [-0.4, -0.2) is 52.1 Å². The molecule has 0 aliphatic carbocycles. The number of ether oxygens (including phenoxy) is 1. The van der Waals surface area contributed by atoms with Crippen LogP contribution in [0.4, 0.5) is 0 Å². The van der Waals surface area contributed by atoms with Gasteiger partial charge < -0.3 is 9.84 Å². The Bertz CT molecular complexity index is 814. The molecule has 2 saturated heterocycles. The van der Waals surface area contributed by atoms with Crippen LogP contribution in [0, 0.1) is 11.3 Å². The lowest BCUT2D eigenvalue weighted by atomic mass is 9.76. The zero-order valence-corrected chi connectivity index (χ0v) is 16.0. The van der Waals surface area contributed by atoms with Crippen molar-refractivity contribution in [3.63, 3.8) is 0 Å². The summed E-state index contributed by atoms with van der Waals surface area (Å²) in [4.78, 5) is 14.1. The summed E-state index contributed by atoms with van der Waals surface area (Å²) in [5.41, 5.74) is 2.70. The van der Waals surface area contributed by atoms with Crippen LogP contribution in [-0.2, 0) is 16.1 Å². The van der Waals surface area contributed by atoms with Crippen LogP contribution in [0.3, 0.4) is 0 Å². The van der Waals surface area contributed by atoms with E-state index in [1.54, 1.807) is 0 Å². The predicted octanol–water partition coefficient (Wildman–Crippen LogP) is 2.92. The van der Waals surface area contributed by atoms with Crippen molar-refractivity contribution in [2.75, 3.05) is 26.3 Å². The minimum absolute atomic E-state index is 0.169. The number of carboxylic acid groups (broad SMARTS) is 1. The Morgan fingerprint density at radius 2 is 2.15 bits per heavy atom. The highest BCUT2D eigenvalue weighted by Gasteiger charge is 2.53. The largest absolute Gasteiger partial charge is 0.481 e. The van der Waals surface area contributed by atoms with Crippen LogP contribution in [0.15, 0.2) is 36.7 Å². The molecule has 0 unspecified atom stereocenters. The Kier molecular flexibility index (Phi) is 4.78. The molecule has 0 radical (unpaired) electrons. The molecule has 6 heteroatoms. The van der Waals surface area contributed by atoms with E-state index in [4.69, 9.17) is 4.74 Å². The molecule has 2 fully saturated rings. The first-order chi connectivity index (χ1) is 13.0. The molecule has 0 bridgehead atoms. The molecule has 6 nitrogen and oxygen atoms in total. The standard InChI is InChI=1S/C21H27N3O3/c1-15(2)17-3-5-19(6-4-17)24-11-16(9-22-24)10-23-12-18-7-8-27-14-21(18,13-23)20(25)26/h3-6,9,11,15,18H,7-8,10,12-14H2,1-2H3,(H,25,26)/t18-,21+/m0/s1. The number of likely N-dealkylation sites (tertiary alicyclic amines) is 1. The van der Waals surface area contributed by atoms with Crippen molar-refractivity contribution < 1.29 is 14.6 Å². The van der Waals surface area contributed by atoms with Crippen molar-refractivity contribution in [3.8, 4) is 5.69 Å². The van der Waals surface area contributed by atoms with Crippen molar-refractivity contribution in [2.24, 2.45) is 11.3 Å². The van der Waals surface area contributed by atoms with E-state index in [9.17, 15) is 9.90 Å². The molecule has 0 spiro atoms. The van der Waals surface area contributed by atoms with Gasteiger partial charge in [-0.15, -0.1) is 0 Å². The normalized spacial score (nSPS) is 25.7. The van der Waals surface area contributed by atoms with Gasteiger partial charge in [0.25, 0.3) is 0 Å². The first-order valence-corrected chi connectivity index (χ1v) is 9.65. The summed E-state index contributed by atoms with van der Waals surface area (Å²) in [6.07, 6.45) is 4.74. The summed E-state index contributed by atoms with van der Waals surface area (Å²) >= 11 is 0. The second-order valence-electron chi connectivity index (χ2n) is 8.21. The van der Waals surface area contributed by atoms with E-state index < -0.39 is 11.4 Å². The molecule has 27 heavy (non-hydrogen) atoms. The maximum atomic E-state index is 11.9. The average Bonchev–Trinajstić information content (AvgIpc) is 3.26. The number of aliphatic carboxylic acids is 1. The van der Waals surface area contributed by atoms with Gasteiger partial charge in [0, 0.05) is 38.0 Å². The maximum Gasteiger partial charge on any atom is 0.313 e. The molecule has 2 atom stereocenters. The van der Waals surface area contributed by atoms with Crippen LogP contribution < -0.4 is 0 Å². The molecule has 2 aromatic rings. The zero-order valence-electron chi connectivity index (χ0n) is 16.0. The third kappa shape index (κ3) is 3.39. The first-order valence-electron chi connectivity index (χ1n) is 9.65. The topological polar surface area (TPSA) is 67.6 Å². The van der Waals surface area contributed by atoms with Gasteiger partial charge in [0.05, 0.1) is 18.5 Å². The summed E-state index contributed by atoms with van der Waals surface area (Å²) in [6.45, 7) is 7.43. The summed E-state index contributed by atoms with van der Waals surface area (Å²) in [5, 5.41) is 14.3. The molecular formula is C21H27N3O3. The highest BCUT2D eigenvalue weighted by atomic mass is 16.5. The monoisotopic (exact) mass is 369 g/mol. The fourth-order valence-electron chi connectivity index (χ4n) is 4.37. The van der Waals surface area contributed by atoms with E-state index in [2.05, 4.69) is 48.1 Å². The number of nitrogens with zero attached hydrogens (tertiary/aromatic N) is 3. The zero-order chi connectivity index (χ0) is 19.0. The lowest BCUT2D eigenvalue weighted by Gasteiger charge is -2.34. The summed E-state index contributed by atoms with van der Waals surface area (Å²) in [5.74, 6) is -0.0468. The lowest BCUT2D eigenvalue weighted by Crippen LogP contribution is -2.46. The summed E-state index contributed by atoms with van der Waals surface area (Å²) < 4.78 is 7.40. The summed E-state index contributed by atoms with van der Waals surface area (Å²) in [6, 6.07) is 8.47. The van der Waals surface area contributed by atoms with Crippen LogP contribution in [0.1, 0.15) is 37.3 Å². The number of hydrogen-bond donors (Lipinski definition) is 1. The van der Waals surface area contributed by atoms with Gasteiger partial charge >= 0.3 is 5.97 Å². The van der Waals surface area contributed by atoms with Crippen molar-refractivity contribution in [3.05, 3.63) is 47.8 Å². The molecule has 2 aliphatic rings. The van der Waals surface area contributed by atoms with Gasteiger partial charge in [-0.2, -0.15) is 5.10 Å². The number of rotatable bonds is 5. The molecule has 0 saturated carbocycles. The quantitative estimate of drug-likeness (QED) is 0.878. The Morgan fingerprint density at radius 3 is 2.81 bits per heavy atom. The van der Waals surface area contributed by atoms with Gasteiger partial charge in [-0.3, -0.25) is 9.69 Å². The van der Waals surface area contributed by atoms with Crippen molar-refractivity contribution in [1.82, 2.24) is 14.7 Å². The molecule has 144 valence electrons. The number of benzene rings is 1. The number of fused-ring (bicyclic) bond motifs is 1. The Hall–Kier alpha value is -2.18. The second-order valence-corrected chi connectivity index (χ2v) is 8.21. The highest BCUT2D eigenvalue weighted by molar-refractivity contribution is 5.76. The van der Waals surface area contributed by atoms with Crippen LogP contribution in [0.2, 0.25) is 0 Å². The molecule has 4 rings (SSSR count). The van der Waals surface area contributed by atoms with E-state index in [-0.39, 0.29) is 5.92 Å². The number of carboxylic acids is 1. The molecule has 0 amide bonds. The van der Waals surface area contributed by atoms with Gasteiger partial charge in [-0.25, -0.2) is 4.68 Å². The highest BCUT2D eigenvalue weighted by Crippen LogP contribution is 2.42. The Labute approximate surface area is 159 Å². The fourth-order valence-corrected chi connectivity index (χ4v) is 4.37. The van der Waals surface area contributed by atoms with Gasteiger partial charge in [-0.1, -0.05) is 26.0 Å². The SMILES string of the molecule is CC(C)c1ccc(-n2cc(CN3C[C@@H]4CCOC[C@]4(C(=O)O)C3)cn2)cc1. The van der Waals surface area contributed by atoms with Crippen molar-refractivity contribution >= 4 is 5.97 Å². The minimum atomic E-state index is -0.749. The summed E-state index contributed by atoms with van der Waals surface area (Å²) in [7, 11) is 0. The molecule has 1 N–H and O–H groups in total. The number of aromatic nitrogens is 2. The van der Waals surface area contributed by atoms with E-state index in [1.807, 2.05) is 17.1 Å². The Morgan fingerprint density at radius 1 is 1.37 bits per heavy atom. The fraction of sp³-hybridized carbons (Fsp3) is 0.524. The van der Waals surface area contributed by atoms with Gasteiger partial charge in [0.15, 0.2) is 0 Å².